The van der Waals surface area contributed by atoms with Crippen molar-refractivity contribution >= 4 is 33.7 Å². The summed E-state index contributed by atoms with van der Waals surface area (Å²) in [7, 11) is 0. The average Bonchev–Trinajstić information content (AvgIpc) is 3.24. The smallest absolute Gasteiger partial charge is 0.246 e. The van der Waals surface area contributed by atoms with E-state index in [2.05, 4.69) is 49.9 Å². The first kappa shape index (κ1) is 22.8. The van der Waals surface area contributed by atoms with Crippen molar-refractivity contribution in [3.8, 4) is 5.88 Å². The topological polar surface area (TPSA) is 98.3 Å². The molecule has 1 aliphatic heterocycles. The lowest BCUT2D eigenvalue weighted by Crippen LogP contribution is -2.41. The van der Waals surface area contributed by atoms with Crippen LogP contribution in [-0.2, 0) is 0 Å². The van der Waals surface area contributed by atoms with Crippen LogP contribution in [0.3, 0.4) is 0 Å². The van der Waals surface area contributed by atoms with Crippen LogP contribution in [0.1, 0.15) is 68.7 Å². The van der Waals surface area contributed by atoms with Gasteiger partial charge >= 0.3 is 0 Å². The molecule has 0 bridgehead atoms. The molecular weight excluding hydrogens is 444 g/mol. The Morgan fingerprint density at radius 1 is 1.12 bits per heavy atom. The van der Waals surface area contributed by atoms with E-state index in [0.717, 1.165) is 34.6 Å². The maximum Gasteiger partial charge on any atom is 0.246 e. The second-order valence-corrected chi connectivity index (χ2v) is 10.7. The van der Waals surface area contributed by atoms with E-state index in [9.17, 15) is 0 Å². The van der Waals surface area contributed by atoms with Crippen molar-refractivity contribution in [2.45, 2.75) is 64.4 Å². The molecule has 5 rings (SSSR count). The van der Waals surface area contributed by atoms with Crippen LogP contribution in [0.5, 0.6) is 5.88 Å². The minimum absolute atomic E-state index is 0.336. The summed E-state index contributed by atoms with van der Waals surface area (Å²) in [5, 5.41) is 6.62. The molecule has 178 valence electrons. The first-order chi connectivity index (χ1) is 16.4. The lowest BCUT2D eigenvalue weighted by molar-refractivity contribution is 0.171. The second-order valence-electron chi connectivity index (χ2n) is 9.83. The van der Waals surface area contributed by atoms with Gasteiger partial charge in [-0.1, -0.05) is 24.3 Å². The average molecular weight is 477 g/mol. The van der Waals surface area contributed by atoms with Gasteiger partial charge in [-0.3, -0.25) is 0 Å². The Morgan fingerprint density at radius 2 is 1.88 bits per heavy atom. The van der Waals surface area contributed by atoms with Crippen molar-refractivity contribution in [2.75, 3.05) is 17.6 Å². The SMILES string of the molecule is Cc1csc(NCC[C@H]2CC[C@H](c3ccc(C4=Nc5c(N)ncnc5OC4(C)C)cc3)CC2)n1. The Morgan fingerprint density at radius 3 is 2.59 bits per heavy atom. The van der Waals surface area contributed by atoms with E-state index in [0.29, 0.717) is 23.3 Å². The molecule has 2 aliphatic rings. The quantitative estimate of drug-likeness (QED) is 0.460. The van der Waals surface area contributed by atoms with Gasteiger partial charge in [0.1, 0.15) is 11.9 Å². The maximum absolute atomic E-state index is 6.12. The Bertz CT molecular complexity index is 1180. The Kier molecular flexibility index (Phi) is 6.25. The fourth-order valence-electron chi connectivity index (χ4n) is 5.02. The molecule has 0 radical (unpaired) electrons. The van der Waals surface area contributed by atoms with Crippen LogP contribution in [0, 0.1) is 12.8 Å². The summed E-state index contributed by atoms with van der Waals surface area (Å²) in [5.41, 5.74) is 10.3. The number of nitrogens with one attached hydrogen (secondary N) is 1. The second kappa shape index (κ2) is 9.33. The Balaban J connectivity index is 1.20. The van der Waals surface area contributed by atoms with Crippen molar-refractivity contribution in [1.29, 1.82) is 0 Å². The lowest BCUT2D eigenvalue weighted by atomic mass is 9.77. The van der Waals surface area contributed by atoms with Gasteiger partial charge in [-0.05, 0) is 70.3 Å². The molecular formula is C26H32N6OS. The van der Waals surface area contributed by atoms with Crippen LogP contribution in [0.15, 0.2) is 41.0 Å². The monoisotopic (exact) mass is 476 g/mol. The van der Waals surface area contributed by atoms with Crippen LogP contribution in [0.4, 0.5) is 16.6 Å². The van der Waals surface area contributed by atoms with Crippen LogP contribution < -0.4 is 15.8 Å². The van der Waals surface area contributed by atoms with Gasteiger partial charge in [0.2, 0.25) is 5.88 Å². The van der Waals surface area contributed by atoms with E-state index in [1.165, 1.54) is 44.0 Å². The number of aliphatic imine (C=N–C) groups is 1. The summed E-state index contributed by atoms with van der Waals surface area (Å²) < 4.78 is 6.12. The minimum atomic E-state index is -0.598. The van der Waals surface area contributed by atoms with E-state index in [-0.39, 0.29) is 0 Å². The number of benzene rings is 1. The Labute approximate surface area is 204 Å². The van der Waals surface area contributed by atoms with Crippen molar-refractivity contribution in [3.05, 3.63) is 52.8 Å². The van der Waals surface area contributed by atoms with Crippen molar-refractivity contribution in [1.82, 2.24) is 15.0 Å². The predicted molar refractivity (Wildman–Crippen MR) is 138 cm³/mol. The molecule has 1 fully saturated rings. The molecule has 0 spiro atoms. The fourth-order valence-corrected chi connectivity index (χ4v) is 5.74. The largest absolute Gasteiger partial charge is 0.463 e. The number of fused-ring (bicyclic) bond motifs is 1. The standard InChI is InChI=1S/C26H32N6OS/c1-16-14-34-25(31-16)28-13-12-17-4-6-18(7-5-17)19-8-10-20(11-9-19)22-26(2,3)33-24-21(32-22)23(27)29-15-30-24/h8-11,14-15,17-18H,4-7,12-13H2,1-3H3,(H,28,31)(H2,27,29,30)/t17-,18-. The normalized spacial score (nSPS) is 21.3. The van der Waals surface area contributed by atoms with Gasteiger partial charge in [-0.15, -0.1) is 11.3 Å². The van der Waals surface area contributed by atoms with Gasteiger partial charge < -0.3 is 15.8 Å². The maximum atomic E-state index is 6.12. The third-order valence-corrected chi connectivity index (χ3v) is 7.83. The number of aryl methyl sites for hydroxylation is 1. The predicted octanol–water partition coefficient (Wildman–Crippen LogP) is 5.89. The zero-order valence-corrected chi connectivity index (χ0v) is 20.9. The number of ether oxygens (including phenoxy) is 1. The highest BCUT2D eigenvalue weighted by atomic mass is 32.1. The summed E-state index contributed by atoms with van der Waals surface area (Å²) >= 11 is 1.69. The van der Waals surface area contributed by atoms with Crippen molar-refractivity contribution in [2.24, 2.45) is 10.9 Å². The lowest BCUT2D eigenvalue weighted by Gasteiger charge is -2.32. The van der Waals surface area contributed by atoms with Gasteiger partial charge in [-0.25, -0.2) is 15.0 Å². The van der Waals surface area contributed by atoms with Crippen LogP contribution in [0.25, 0.3) is 0 Å². The molecule has 7 nitrogen and oxygen atoms in total. The molecule has 1 aliphatic carbocycles. The van der Waals surface area contributed by atoms with Gasteiger partial charge in [0, 0.05) is 17.5 Å². The van der Waals surface area contributed by atoms with Gasteiger partial charge in [0.25, 0.3) is 0 Å². The molecule has 2 aromatic heterocycles. The third-order valence-electron chi connectivity index (χ3n) is 6.91. The highest BCUT2D eigenvalue weighted by molar-refractivity contribution is 7.13. The molecule has 3 aromatic rings. The first-order valence-corrected chi connectivity index (χ1v) is 12.9. The summed E-state index contributed by atoms with van der Waals surface area (Å²) in [4.78, 5) is 17.5. The number of thiazole rings is 1. The molecule has 1 saturated carbocycles. The molecule has 34 heavy (non-hydrogen) atoms. The molecule has 1 aromatic carbocycles. The van der Waals surface area contributed by atoms with E-state index in [4.69, 9.17) is 15.5 Å². The van der Waals surface area contributed by atoms with Crippen molar-refractivity contribution in [3.63, 3.8) is 0 Å². The zero-order chi connectivity index (χ0) is 23.7. The van der Waals surface area contributed by atoms with Gasteiger partial charge in [0.05, 0.1) is 11.4 Å². The molecule has 3 N–H and O–H groups in total. The fraction of sp³-hybridized carbons (Fsp3) is 0.462. The van der Waals surface area contributed by atoms with Crippen LogP contribution >= 0.6 is 11.3 Å². The summed E-state index contributed by atoms with van der Waals surface area (Å²) in [5.74, 6) is 2.20. The van der Waals surface area contributed by atoms with E-state index in [1.54, 1.807) is 11.3 Å². The molecule has 0 atom stereocenters. The number of aromatic nitrogens is 3. The van der Waals surface area contributed by atoms with Crippen LogP contribution in [0.2, 0.25) is 0 Å². The number of nitrogen functional groups attached to an aromatic ring is 1. The zero-order valence-electron chi connectivity index (χ0n) is 20.0. The number of rotatable bonds is 6. The number of anilines is 2. The number of nitrogens with zero attached hydrogens (tertiary/aromatic N) is 4. The molecule has 0 saturated heterocycles. The molecule has 8 heteroatoms. The first-order valence-electron chi connectivity index (χ1n) is 12.0. The number of hydrogen-bond acceptors (Lipinski definition) is 8. The number of hydrogen-bond donors (Lipinski definition) is 2. The van der Waals surface area contributed by atoms with Gasteiger partial charge in [0.15, 0.2) is 16.6 Å². The molecule has 3 heterocycles. The highest BCUT2D eigenvalue weighted by Crippen LogP contribution is 2.40. The number of nitrogens with two attached hydrogens (primary N) is 1. The molecule has 0 amide bonds. The highest BCUT2D eigenvalue weighted by Gasteiger charge is 2.35. The van der Waals surface area contributed by atoms with E-state index >= 15 is 0 Å². The minimum Gasteiger partial charge on any atom is -0.463 e. The van der Waals surface area contributed by atoms with E-state index in [1.807, 2.05) is 20.8 Å². The summed E-state index contributed by atoms with van der Waals surface area (Å²) in [6.07, 6.45) is 7.69. The summed E-state index contributed by atoms with van der Waals surface area (Å²) in [6, 6.07) is 8.84. The van der Waals surface area contributed by atoms with E-state index < -0.39 is 5.60 Å². The van der Waals surface area contributed by atoms with Gasteiger partial charge in [-0.2, -0.15) is 4.98 Å². The van der Waals surface area contributed by atoms with Crippen LogP contribution in [-0.4, -0.2) is 32.8 Å². The Hall–Kier alpha value is -3.00. The summed E-state index contributed by atoms with van der Waals surface area (Å²) in [6.45, 7) is 7.06. The van der Waals surface area contributed by atoms with Crippen molar-refractivity contribution < 1.29 is 4.74 Å². The third kappa shape index (κ3) is 4.78. The molecule has 0 unspecified atom stereocenters.